The Hall–Kier alpha value is -2.11. The van der Waals surface area contributed by atoms with Crippen molar-refractivity contribution in [3.63, 3.8) is 0 Å². The molecule has 0 bridgehead atoms. The molecule has 0 radical (unpaired) electrons. The Labute approximate surface area is 143 Å². The second-order valence-corrected chi connectivity index (χ2v) is 6.07. The fourth-order valence-electron chi connectivity index (χ4n) is 3.29. The van der Waals surface area contributed by atoms with E-state index >= 15 is 0 Å². The summed E-state index contributed by atoms with van der Waals surface area (Å²) < 4.78 is 10.9. The van der Waals surface area contributed by atoms with Crippen molar-refractivity contribution in [2.24, 2.45) is 0 Å². The predicted molar refractivity (Wildman–Crippen MR) is 94.5 cm³/mol. The molecule has 24 heavy (non-hydrogen) atoms. The first-order valence-corrected chi connectivity index (χ1v) is 8.30. The molecule has 5 heteroatoms. The lowest BCUT2D eigenvalue weighted by atomic mass is 10.0. The van der Waals surface area contributed by atoms with Gasteiger partial charge in [-0.15, -0.1) is 0 Å². The molecular weight excluding hydrogens is 302 g/mol. The number of nitrogens with zero attached hydrogens (tertiary/aromatic N) is 2. The van der Waals surface area contributed by atoms with Gasteiger partial charge in [-0.1, -0.05) is 18.2 Å². The van der Waals surface area contributed by atoms with Crippen LogP contribution in [0.3, 0.4) is 0 Å². The van der Waals surface area contributed by atoms with Gasteiger partial charge in [0.25, 0.3) is 0 Å². The Morgan fingerprint density at radius 2 is 2.04 bits per heavy atom. The van der Waals surface area contributed by atoms with E-state index in [2.05, 4.69) is 27.3 Å². The topological polar surface area (TPSA) is 46.6 Å². The van der Waals surface area contributed by atoms with E-state index in [1.807, 2.05) is 31.2 Å². The lowest BCUT2D eigenvalue weighted by Crippen LogP contribution is -2.45. The number of benzene rings is 1. The first kappa shape index (κ1) is 16.7. The first-order chi connectivity index (χ1) is 11.7. The summed E-state index contributed by atoms with van der Waals surface area (Å²) in [6, 6.07) is 12.5. The van der Waals surface area contributed by atoms with Gasteiger partial charge in [-0.3, -0.25) is 9.88 Å². The number of ether oxygens (including phenoxy) is 2. The van der Waals surface area contributed by atoms with Crippen LogP contribution in [0.1, 0.15) is 23.0 Å². The minimum Gasteiger partial charge on any atom is -0.497 e. The second-order valence-electron chi connectivity index (χ2n) is 6.07. The number of methoxy groups -OCH3 is 2. The van der Waals surface area contributed by atoms with E-state index in [1.54, 1.807) is 14.2 Å². The molecule has 1 unspecified atom stereocenters. The Morgan fingerprint density at radius 3 is 2.83 bits per heavy atom. The average Bonchev–Trinajstić information content (AvgIpc) is 2.61. The smallest absolute Gasteiger partial charge is 0.123 e. The van der Waals surface area contributed by atoms with Gasteiger partial charge >= 0.3 is 0 Å². The maximum Gasteiger partial charge on any atom is 0.123 e. The van der Waals surface area contributed by atoms with Crippen LogP contribution in [0.4, 0.5) is 0 Å². The summed E-state index contributed by atoms with van der Waals surface area (Å²) in [6.45, 7) is 5.66. The molecule has 0 aliphatic carbocycles. The predicted octanol–water partition coefficient (Wildman–Crippen LogP) is 2.55. The largest absolute Gasteiger partial charge is 0.497 e. The Bertz CT molecular complexity index is 690. The van der Waals surface area contributed by atoms with Crippen LogP contribution in [0.2, 0.25) is 0 Å². The average molecular weight is 327 g/mol. The van der Waals surface area contributed by atoms with Crippen molar-refractivity contribution < 1.29 is 9.47 Å². The van der Waals surface area contributed by atoms with Gasteiger partial charge in [0.05, 0.1) is 26.0 Å². The van der Waals surface area contributed by atoms with Gasteiger partial charge < -0.3 is 14.8 Å². The third-order valence-electron chi connectivity index (χ3n) is 4.43. The van der Waals surface area contributed by atoms with E-state index in [0.29, 0.717) is 0 Å². The highest BCUT2D eigenvalue weighted by molar-refractivity contribution is 5.36. The number of nitrogens with one attached hydrogen (secondary N) is 1. The van der Waals surface area contributed by atoms with Crippen molar-refractivity contribution in [1.82, 2.24) is 15.2 Å². The van der Waals surface area contributed by atoms with Gasteiger partial charge in [0, 0.05) is 49.6 Å². The normalized spacial score (nSPS) is 18.4. The summed E-state index contributed by atoms with van der Waals surface area (Å²) >= 11 is 0. The molecule has 1 N–H and O–H groups in total. The highest BCUT2D eigenvalue weighted by atomic mass is 16.5. The zero-order valence-electron chi connectivity index (χ0n) is 14.6. The maximum absolute atomic E-state index is 5.56. The molecule has 1 atom stereocenters. The number of piperazine rings is 1. The molecule has 0 saturated carbocycles. The van der Waals surface area contributed by atoms with Crippen LogP contribution in [0.25, 0.3) is 0 Å². The fraction of sp³-hybridized carbons (Fsp3) is 0.421. The number of hydrogen-bond donors (Lipinski definition) is 1. The molecule has 3 rings (SSSR count). The Kier molecular flexibility index (Phi) is 5.33. The lowest BCUT2D eigenvalue weighted by molar-refractivity contribution is 0.149. The second kappa shape index (κ2) is 7.64. The molecule has 2 aromatic rings. The van der Waals surface area contributed by atoms with Crippen molar-refractivity contribution in [2.75, 3.05) is 33.9 Å². The van der Waals surface area contributed by atoms with Crippen LogP contribution in [-0.4, -0.2) is 43.7 Å². The van der Waals surface area contributed by atoms with E-state index in [-0.39, 0.29) is 6.04 Å². The molecule has 1 aliphatic heterocycles. The van der Waals surface area contributed by atoms with Gasteiger partial charge in [0.15, 0.2) is 0 Å². The molecule has 1 fully saturated rings. The van der Waals surface area contributed by atoms with E-state index in [4.69, 9.17) is 9.47 Å². The number of aryl methyl sites for hydroxylation is 1. The standard InChI is InChI=1S/C19H25N3O2/c1-14-10-16(23-2)11-15(21-14)13-22-9-8-20-12-18(22)17-6-4-5-7-19(17)24-3/h4-7,10-11,18,20H,8-9,12-13H2,1-3H3. The van der Waals surface area contributed by atoms with Gasteiger partial charge in [0.1, 0.15) is 11.5 Å². The molecular formula is C19H25N3O2. The van der Waals surface area contributed by atoms with Crippen LogP contribution in [0, 0.1) is 6.92 Å². The summed E-state index contributed by atoms with van der Waals surface area (Å²) in [5.74, 6) is 1.80. The summed E-state index contributed by atoms with van der Waals surface area (Å²) in [7, 11) is 3.42. The number of para-hydroxylation sites is 1. The Morgan fingerprint density at radius 1 is 1.21 bits per heavy atom. The van der Waals surface area contributed by atoms with Gasteiger partial charge in [0.2, 0.25) is 0 Å². The lowest BCUT2D eigenvalue weighted by Gasteiger charge is -2.36. The number of pyridine rings is 1. The molecule has 1 saturated heterocycles. The van der Waals surface area contributed by atoms with Crippen LogP contribution >= 0.6 is 0 Å². The highest BCUT2D eigenvalue weighted by Gasteiger charge is 2.26. The molecule has 1 aromatic heterocycles. The van der Waals surface area contributed by atoms with Crippen molar-refractivity contribution in [2.45, 2.75) is 19.5 Å². The van der Waals surface area contributed by atoms with Crippen LogP contribution in [-0.2, 0) is 6.54 Å². The van der Waals surface area contributed by atoms with Crippen LogP contribution in [0.5, 0.6) is 11.5 Å². The molecule has 2 heterocycles. The fourth-order valence-corrected chi connectivity index (χ4v) is 3.29. The molecule has 5 nitrogen and oxygen atoms in total. The number of rotatable bonds is 5. The third kappa shape index (κ3) is 3.68. The van der Waals surface area contributed by atoms with Crippen LogP contribution in [0.15, 0.2) is 36.4 Å². The summed E-state index contributed by atoms with van der Waals surface area (Å²) in [6.07, 6.45) is 0. The van der Waals surface area contributed by atoms with Gasteiger partial charge in [-0.25, -0.2) is 0 Å². The molecule has 1 aliphatic rings. The van der Waals surface area contributed by atoms with Gasteiger partial charge in [-0.05, 0) is 13.0 Å². The quantitative estimate of drug-likeness (QED) is 0.914. The van der Waals surface area contributed by atoms with Crippen molar-refractivity contribution >= 4 is 0 Å². The van der Waals surface area contributed by atoms with E-state index in [1.165, 1.54) is 5.56 Å². The number of hydrogen-bond acceptors (Lipinski definition) is 5. The number of aromatic nitrogens is 1. The summed E-state index contributed by atoms with van der Waals surface area (Å²) in [5.41, 5.74) is 3.23. The molecule has 0 amide bonds. The van der Waals surface area contributed by atoms with E-state index < -0.39 is 0 Å². The SMILES string of the molecule is COc1cc(C)nc(CN2CCNCC2c2ccccc2OC)c1. The van der Waals surface area contributed by atoms with Crippen molar-refractivity contribution in [3.05, 3.63) is 53.3 Å². The first-order valence-electron chi connectivity index (χ1n) is 8.30. The zero-order chi connectivity index (χ0) is 16.9. The Balaban J connectivity index is 1.86. The van der Waals surface area contributed by atoms with Gasteiger partial charge in [-0.2, -0.15) is 0 Å². The zero-order valence-corrected chi connectivity index (χ0v) is 14.6. The summed E-state index contributed by atoms with van der Waals surface area (Å²) in [5, 5.41) is 3.49. The van der Waals surface area contributed by atoms with Crippen molar-refractivity contribution in [3.8, 4) is 11.5 Å². The molecule has 0 spiro atoms. The minimum absolute atomic E-state index is 0.267. The minimum atomic E-state index is 0.267. The monoisotopic (exact) mass is 327 g/mol. The maximum atomic E-state index is 5.56. The third-order valence-corrected chi connectivity index (χ3v) is 4.43. The summed E-state index contributed by atoms with van der Waals surface area (Å²) in [4.78, 5) is 7.13. The van der Waals surface area contributed by atoms with Crippen molar-refractivity contribution in [1.29, 1.82) is 0 Å². The molecule has 1 aromatic carbocycles. The van der Waals surface area contributed by atoms with Crippen LogP contribution < -0.4 is 14.8 Å². The van der Waals surface area contributed by atoms with E-state index in [9.17, 15) is 0 Å². The van der Waals surface area contributed by atoms with E-state index in [0.717, 1.165) is 49.1 Å². The molecule has 128 valence electrons. The highest BCUT2D eigenvalue weighted by Crippen LogP contribution is 2.31.